The van der Waals surface area contributed by atoms with Crippen LogP contribution < -0.4 is 9.80 Å². The van der Waals surface area contributed by atoms with Crippen LogP contribution in [0.25, 0.3) is 0 Å². The van der Waals surface area contributed by atoms with Crippen molar-refractivity contribution in [2.45, 2.75) is 33.2 Å². The quantitative estimate of drug-likeness (QED) is 0.718. The Morgan fingerprint density at radius 3 is 2.33 bits per heavy atom. The Labute approximate surface area is 162 Å². The van der Waals surface area contributed by atoms with E-state index in [1.807, 2.05) is 47.4 Å². The highest BCUT2D eigenvalue weighted by atomic mass is 16.5. The fourth-order valence-corrected chi connectivity index (χ4v) is 3.70. The van der Waals surface area contributed by atoms with E-state index < -0.39 is 0 Å². The van der Waals surface area contributed by atoms with E-state index in [-0.39, 0.29) is 5.91 Å². The molecule has 4 nitrogen and oxygen atoms in total. The summed E-state index contributed by atoms with van der Waals surface area (Å²) in [6, 6.07) is 18.4. The van der Waals surface area contributed by atoms with Gasteiger partial charge >= 0.3 is 0 Å². The largest absolute Gasteiger partial charge is 0.381 e. The molecule has 0 aliphatic carbocycles. The number of carbonyl (C=O) groups is 1. The molecule has 0 N–H and O–H groups in total. The van der Waals surface area contributed by atoms with Gasteiger partial charge in [-0.15, -0.1) is 0 Å². The van der Waals surface area contributed by atoms with Crippen molar-refractivity contribution < 1.29 is 9.53 Å². The average Bonchev–Trinajstić information content (AvgIpc) is 3.20. The van der Waals surface area contributed by atoms with E-state index in [1.54, 1.807) is 0 Å². The average molecular weight is 367 g/mol. The Morgan fingerprint density at radius 2 is 1.78 bits per heavy atom. The SMILES string of the molecule is CCN(c1ccc(C(=O)N(C[C@H]2CCOC2)c2ccccc2)cc1)C(C)C. The lowest BCUT2D eigenvalue weighted by molar-refractivity contribution is 0.0981. The molecule has 4 heteroatoms. The molecule has 0 bridgehead atoms. The molecule has 2 aromatic rings. The summed E-state index contributed by atoms with van der Waals surface area (Å²) < 4.78 is 5.51. The van der Waals surface area contributed by atoms with Gasteiger partial charge in [-0.3, -0.25) is 4.79 Å². The van der Waals surface area contributed by atoms with Gasteiger partial charge in [0.05, 0.1) is 6.61 Å². The van der Waals surface area contributed by atoms with Gasteiger partial charge in [0, 0.05) is 48.6 Å². The number of amides is 1. The molecule has 1 saturated heterocycles. The van der Waals surface area contributed by atoms with Crippen molar-refractivity contribution >= 4 is 17.3 Å². The molecule has 3 rings (SSSR count). The van der Waals surface area contributed by atoms with E-state index in [2.05, 4.69) is 37.8 Å². The first-order chi connectivity index (χ1) is 13.1. The maximum Gasteiger partial charge on any atom is 0.258 e. The van der Waals surface area contributed by atoms with Gasteiger partial charge in [0.15, 0.2) is 0 Å². The Balaban J connectivity index is 1.82. The van der Waals surface area contributed by atoms with Crippen LogP contribution in [0.1, 0.15) is 37.6 Å². The number of hydrogen-bond acceptors (Lipinski definition) is 3. The number of benzene rings is 2. The van der Waals surface area contributed by atoms with E-state index in [9.17, 15) is 4.79 Å². The predicted molar refractivity (Wildman–Crippen MR) is 112 cm³/mol. The summed E-state index contributed by atoms with van der Waals surface area (Å²) in [7, 11) is 0. The maximum absolute atomic E-state index is 13.3. The van der Waals surface area contributed by atoms with Crippen LogP contribution in [-0.2, 0) is 4.74 Å². The predicted octanol–water partition coefficient (Wildman–Crippen LogP) is 4.60. The second-order valence-electron chi connectivity index (χ2n) is 7.41. The van der Waals surface area contributed by atoms with Crippen LogP contribution in [0.15, 0.2) is 54.6 Å². The zero-order valence-electron chi connectivity index (χ0n) is 16.6. The lowest BCUT2D eigenvalue weighted by Crippen LogP contribution is -2.36. The fourth-order valence-electron chi connectivity index (χ4n) is 3.70. The van der Waals surface area contributed by atoms with E-state index in [1.165, 1.54) is 0 Å². The molecule has 1 heterocycles. The van der Waals surface area contributed by atoms with Crippen LogP contribution in [-0.4, -0.2) is 38.3 Å². The second kappa shape index (κ2) is 9.05. The third-order valence-electron chi connectivity index (χ3n) is 5.19. The van der Waals surface area contributed by atoms with Crippen LogP contribution >= 0.6 is 0 Å². The zero-order valence-corrected chi connectivity index (χ0v) is 16.6. The number of para-hydroxylation sites is 1. The number of rotatable bonds is 7. The highest BCUT2D eigenvalue weighted by molar-refractivity contribution is 6.06. The van der Waals surface area contributed by atoms with Gasteiger partial charge in [0.2, 0.25) is 0 Å². The van der Waals surface area contributed by atoms with Crippen molar-refractivity contribution in [1.29, 1.82) is 0 Å². The molecule has 0 aromatic heterocycles. The number of hydrogen-bond donors (Lipinski definition) is 0. The third-order valence-corrected chi connectivity index (χ3v) is 5.19. The summed E-state index contributed by atoms with van der Waals surface area (Å²) in [5.41, 5.74) is 2.82. The van der Waals surface area contributed by atoms with Crippen molar-refractivity contribution in [3.8, 4) is 0 Å². The van der Waals surface area contributed by atoms with Gasteiger partial charge in [-0.2, -0.15) is 0 Å². The Morgan fingerprint density at radius 1 is 1.07 bits per heavy atom. The van der Waals surface area contributed by atoms with Gasteiger partial charge in [-0.1, -0.05) is 18.2 Å². The van der Waals surface area contributed by atoms with Crippen LogP contribution in [0.3, 0.4) is 0 Å². The number of ether oxygens (including phenoxy) is 1. The smallest absolute Gasteiger partial charge is 0.258 e. The monoisotopic (exact) mass is 366 g/mol. The van der Waals surface area contributed by atoms with E-state index in [4.69, 9.17) is 4.74 Å². The fraction of sp³-hybridized carbons (Fsp3) is 0.435. The molecule has 27 heavy (non-hydrogen) atoms. The lowest BCUT2D eigenvalue weighted by Gasteiger charge is -2.28. The number of carbonyl (C=O) groups excluding carboxylic acids is 1. The summed E-state index contributed by atoms with van der Waals surface area (Å²) >= 11 is 0. The molecule has 0 radical (unpaired) electrons. The van der Waals surface area contributed by atoms with Crippen molar-refractivity contribution in [3.05, 3.63) is 60.2 Å². The van der Waals surface area contributed by atoms with Crippen LogP contribution in [0.4, 0.5) is 11.4 Å². The van der Waals surface area contributed by atoms with Gasteiger partial charge in [0.1, 0.15) is 0 Å². The van der Waals surface area contributed by atoms with E-state index >= 15 is 0 Å². The Kier molecular flexibility index (Phi) is 6.51. The first-order valence-corrected chi connectivity index (χ1v) is 9.91. The van der Waals surface area contributed by atoms with Crippen molar-refractivity contribution in [1.82, 2.24) is 0 Å². The molecule has 1 amide bonds. The Bertz CT molecular complexity index is 722. The minimum Gasteiger partial charge on any atom is -0.381 e. The minimum absolute atomic E-state index is 0.0484. The molecule has 1 aliphatic heterocycles. The van der Waals surface area contributed by atoms with Crippen molar-refractivity contribution in [3.63, 3.8) is 0 Å². The normalized spacial score (nSPS) is 16.5. The van der Waals surface area contributed by atoms with Crippen molar-refractivity contribution in [2.24, 2.45) is 5.92 Å². The molecule has 1 atom stereocenters. The number of nitrogens with zero attached hydrogens (tertiary/aromatic N) is 2. The number of anilines is 2. The maximum atomic E-state index is 13.3. The molecule has 0 unspecified atom stereocenters. The topological polar surface area (TPSA) is 32.8 Å². The zero-order chi connectivity index (χ0) is 19.2. The van der Waals surface area contributed by atoms with Gasteiger partial charge in [-0.25, -0.2) is 0 Å². The lowest BCUT2D eigenvalue weighted by atomic mass is 10.1. The molecular weight excluding hydrogens is 336 g/mol. The highest BCUT2D eigenvalue weighted by Crippen LogP contribution is 2.24. The van der Waals surface area contributed by atoms with Crippen molar-refractivity contribution in [2.75, 3.05) is 36.1 Å². The minimum atomic E-state index is 0.0484. The van der Waals surface area contributed by atoms with Crippen LogP contribution in [0, 0.1) is 5.92 Å². The van der Waals surface area contributed by atoms with Gasteiger partial charge in [-0.05, 0) is 63.6 Å². The first-order valence-electron chi connectivity index (χ1n) is 9.91. The molecule has 1 aliphatic rings. The standard InChI is InChI=1S/C23H30N2O2/c1-4-24(18(2)3)22-12-10-20(11-13-22)23(26)25(16-19-14-15-27-17-19)21-8-6-5-7-9-21/h5-13,18-19H,4,14-17H2,1-3H3/t19-/m1/s1. The van der Waals surface area contributed by atoms with Crippen LogP contribution in [0.5, 0.6) is 0 Å². The van der Waals surface area contributed by atoms with Gasteiger partial charge < -0.3 is 14.5 Å². The molecule has 2 aromatic carbocycles. The first kappa shape index (κ1) is 19.4. The molecule has 144 valence electrons. The summed E-state index contributed by atoms with van der Waals surface area (Å²) in [4.78, 5) is 17.5. The summed E-state index contributed by atoms with van der Waals surface area (Å²) in [6.07, 6.45) is 1.01. The molecule has 0 spiro atoms. The third kappa shape index (κ3) is 4.69. The van der Waals surface area contributed by atoms with E-state index in [0.29, 0.717) is 18.5 Å². The summed E-state index contributed by atoms with van der Waals surface area (Å²) in [6.45, 7) is 9.68. The summed E-state index contributed by atoms with van der Waals surface area (Å²) in [5.74, 6) is 0.442. The van der Waals surface area contributed by atoms with Gasteiger partial charge in [0.25, 0.3) is 5.91 Å². The molecular formula is C23H30N2O2. The second-order valence-corrected chi connectivity index (χ2v) is 7.41. The molecule has 0 saturated carbocycles. The summed E-state index contributed by atoms with van der Waals surface area (Å²) in [5, 5.41) is 0. The van der Waals surface area contributed by atoms with E-state index in [0.717, 1.165) is 43.1 Å². The molecule has 1 fully saturated rings. The Hall–Kier alpha value is -2.33. The highest BCUT2D eigenvalue weighted by Gasteiger charge is 2.24. The van der Waals surface area contributed by atoms with Crippen LogP contribution in [0.2, 0.25) is 0 Å².